The fourth-order valence-corrected chi connectivity index (χ4v) is 3.83. The van der Waals surface area contributed by atoms with Gasteiger partial charge in [0.05, 0.1) is 35.2 Å². The zero-order valence-corrected chi connectivity index (χ0v) is 19.6. The third-order valence-corrected chi connectivity index (χ3v) is 5.57. The third-order valence-electron chi connectivity index (χ3n) is 5.57. The minimum atomic E-state index is -1.12. The van der Waals surface area contributed by atoms with E-state index in [1.165, 1.54) is 16.8 Å². The van der Waals surface area contributed by atoms with Gasteiger partial charge in [-0.05, 0) is 31.2 Å². The number of aryl methyl sites for hydroxylation is 1. The van der Waals surface area contributed by atoms with Gasteiger partial charge in [0, 0.05) is 30.7 Å². The molecule has 5 aromatic rings. The molecule has 1 amide bonds. The number of aliphatic hydroxyl groups excluding tert-OH is 1. The molecule has 0 saturated carbocycles. The topological polar surface area (TPSA) is 122 Å². The average Bonchev–Trinajstić information content (AvgIpc) is 3.52. The minimum absolute atomic E-state index is 0.185. The highest BCUT2D eigenvalue weighted by molar-refractivity contribution is 5.90. The molecule has 0 aliphatic rings. The van der Waals surface area contributed by atoms with Gasteiger partial charge in [-0.15, -0.1) is 0 Å². The van der Waals surface area contributed by atoms with Crippen molar-refractivity contribution in [2.24, 2.45) is 0 Å². The van der Waals surface area contributed by atoms with Crippen molar-refractivity contribution in [2.45, 2.75) is 19.6 Å². The van der Waals surface area contributed by atoms with E-state index in [4.69, 9.17) is 0 Å². The Hall–Kier alpha value is -4.71. The van der Waals surface area contributed by atoms with Gasteiger partial charge in [-0.25, -0.2) is 18.7 Å². The van der Waals surface area contributed by atoms with Crippen molar-refractivity contribution in [3.8, 4) is 11.3 Å². The highest BCUT2D eigenvalue weighted by Crippen LogP contribution is 2.25. The number of halogens is 2. The van der Waals surface area contributed by atoms with Crippen molar-refractivity contribution in [3.63, 3.8) is 0 Å². The van der Waals surface area contributed by atoms with Crippen LogP contribution in [0.3, 0.4) is 0 Å². The highest BCUT2D eigenvalue weighted by Gasteiger charge is 2.16. The van der Waals surface area contributed by atoms with E-state index in [9.17, 15) is 18.7 Å². The summed E-state index contributed by atoms with van der Waals surface area (Å²) in [5.41, 5.74) is 2.94. The molecule has 0 saturated heterocycles. The molecule has 12 heteroatoms. The molecule has 0 spiro atoms. The lowest BCUT2D eigenvalue weighted by Gasteiger charge is -2.13. The number of nitrogens with one attached hydrogen (secondary N) is 2. The molecule has 5 rings (SSSR count). The van der Waals surface area contributed by atoms with Crippen LogP contribution in [0.5, 0.6) is 0 Å². The molecule has 0 bridgehead atoms. The first-order valence-electron chi connectivity index (χ1n) is 11.3. The molecular formula is C25H22F2N8O2. The smallest absolute Gasteiger partial charge is 0.246 e. The number of imidazole rings is 1. The lowest BCUT2D eigenvalue weighted by Crippen LogP contribution is -2.19. The third kappa shape index (κ3) is 5.14. The summed E-state index contributed by atoms with van der Waals surface area (Å²) in [6.45, 7) is 1.82. The number of carbonyl (C=O) groups excluding carboxylic acids is 1. The van der Waals surface area contributed by atoms with E-state index < -0.39 is 23.6 Å². The van der Waals surface area contributed by atoms with E-state index in [0.717, 1.165) is 6.07 Å². The highest BCUT2D eigenvalue weighted by atomic mass is 19.2. The van der Waals surface area contributed by atoms with Crippen LogP contribution >= 0.6 is 0 Å². The van der Waals surface area contributed by atoms with Crippen LogP contribution < -0.4 is 10.6 Å². The summed E-state index contributed by atoms with van der Waals surface area (Å²) in [6, 6.07) is 8.89. The summed E-state index contributed by atoms with van der Waals surface area (Å²) in [5.74, 6) is -2.24. The van der Waals surface area contributed by atoms with Gasteiger partial charge >= 0.3 is 0 Å². The Kier molecular flexibility index (Phi) is 6.56. The van der Waals surface area contributed by atoms with E-state index in [1.807, 2.05) is 17.5 Å². The molecule has 10 nitrogen and oxygen atoms in total. The molecule has 3 N–H and O–H groups in total. The standard InChI is InChI=1S/C25H22F2N8O2/c1-15-12-35-20(10-30-25(35)24(32-15)29-11-21(36)18-6-2-3-8-28-18)16-9-31-34(13-16)14-22(37)33-19-7-4-5-17(26)23(19)27/h2-10,12-13,21,36H,11,14H2,1H3,(H,29,32)(H,33,37). The monoisotopic (exact) mass is 504 g/mol. The molecule has 4 aromatic heterocycles. The zero-order valence-electron chi connectivity index (χ0n) is 19.6. The molecule has 0 radical (unpaired) electrons. The summed E-state index contributed by atoms with van der Waals surface area (Å²) in [4.78, 5) is 25.5. The van der Waals surface area contributed by atoms with Gasteiger partial charge in [0.2, 0.25) is 5.91 Å². The number of aliphatic hydroxyl groups is 1. The van der Waals surface area contributed by atoms with Gasteiger partial charge in [0.25, 0.3) is 0 Å². The van der Waals surface area contributed by atoms with Crippen LogP contribution in [0, 0.1) is 18.6 Å². The number of aromatic nitrogens is 6. The molecule has 4 heterocycles. The van der Waals surface area contributed by atoms with Crippen molar-refractivity contribution in [3.05, 3.63) is 90.4 Å². The van der Waals surface area contributed by atoms with Crippen molar-refractivity contribution < 1.29 is 18.7 Å². The minimum Gasteiger partial charge on any atom is -0.385 e. The van der Waals surface area contributed by atoms with Crippen LogP contribution in [-0.4, -0.2) is 46.7 Å². The first-order valence-corrected chi connectivity index (χ1v) is 11.3. The number of pyridine rings is 1. The largest absolute Gasteiger partial charge is 0.385 e. The Bertz CT molecular complexity index is 1570. The summed E-state index contributed by atoms with van der Waals surface area (Å²) < 4.78 is 30.5. The first-order chi connectivity index (χ1) is 17.9. The predicted octanol–water partition coefficient (Wildman–Crippen LogP) is 3.36. The van der Waals surface area contributed by atoms with Crippen LogP contribution in [0.2, 0.25) is 0 Å². The number of fused-ring (bicyclic) bond motifs is 1. The SMILES string of the molecule is Cc1cn2c(-c3cnn(CC(=O)Nc4cccc(F)c4F)c3)cnc2c(NCC(O)c2ccccn2)n1. The molecule has 1 atom stereocenters. The van der Waals surface area contributed by atoms with Gasteiger partial charge in [-0.2, -0.15) is 5.10 Å². The van der Waals surface area contributed by atoms with Gasteiger partial charge in [-0.1, -0.05) is 12.1 Å². The lowest BCUT2D eigenvalue weighted by atomic mass is 10.2. The number of hydrogen-bond donors (Lipinski definition) is 3. The van der Waals surface area contributed by atoms with Gasteiger partial charge in [-0.3, -0.25) is 18.9 Å². The maximum absolute atomic E-state index is 13.8. The quantitative estimate of drug-likeness (QED) is 0.296. The average molecular weight is 505 g/mol. The summed E-state index contributed by atoms with van der Waals surface area (Å²) in [6.07, 6.45) is 7.48. The lowest BCUT2D eigenvalue weighted by molar-refractivity contribution is -0.116. The van der Waals surface area contributed by atoms with E-state index >= 15 is 0 Å². The summed E-state index contributed by atoms with van der Waals surface area (Å²) in [5, 5.41) is 20.1. The number of hydrogen-bond acceptors (Lipinski definition) is 7. The van der Waals surface area contributed by atoms with Crippen LogP contribution in [0.1, 0.15) is 17.5 Å². The Morgan fingerprint density at radius 1 is 1.11 bits per heavy atom. The Morgan fingerprint density at radius 2 is 1.97 bits per heavy atom. The molecule has 37 heavy (non-hydrogen) atoms. The summed E-state index contributed by atoms with van der Waals surface area (Å²) in [7, 11) is 0. The molecule has 0 aliphatic carbocycles. The molecule has 0 aliphatic heterocycles. The second-order valence-electron chi connectivity index (χ2n) is 8.30. The first kappa shape index (κ1) is 24.0. The van der Waals surface area contributed by atoms with Crippen LogP contribution in [0.4, 0.5) is 20.3 Å². The van der Waals surface area contributed by atoms with E-state index in [2.05, 4.69) is 30.7 Å². The fraction of sp³-hybridized carbons (Fsp3) is 0.160. The zero-order chi connectivity index (χ0) is 25.9. The normalized spacial score (nSPS) is 12.0. The Morgan fingerprint density at radius 3 is 2.78 bits per heavy atom. The maximum Gasteiger partial charge on any atom is 0.246 e. The summed E-state index contributed by atoms with van der Waals surface area (Å²) >= 11 is 0. The van der Waals surface area contributed by atoms with Gasteiger partial charge in [0.1, 0.15) is 12.6 Å². The predicted molar refractivity (Wildman–Crippen MR) is 132 cm³/mol. The van der Waals surface area contributed by atoms with E-state index in [1.54, 1.807) is 43.0 Å². The van der Waals surface area contributed by atoms with Crippen LogP contribution in [0.15, 0.2) is 67.4 Å². The molecule has 1 aromatic carbocycles. The molecule has 188 valence electrons. The Balaban J connectivity index is 1.32. The number of carbonyl (C=O) groups is 1. The number of nitrogens with zero attached hydrogens (tertiary/aromatic N) is 6. The van der Waals surface area contributed by atoms with Gasteiger partial charge in [0.15, 0.2) is 23.1 Å². The van der Waals surface area contributed by atoms with Gasteiger partial charge < -0.3 is 15.7 Å². The second-order valence-corrected chi connectivity index (χ2v) is 8.30. The van der Waals surface area contributed by atoms with Crippen molar-refractivity contribution >= 4 is 23.1 Å². The molecular weight excluding hydrogens is 482 g/mol. The molecule has 0 fully saturated rings. The van der Waals surface area contributed by atoms with Crippen molar-refractivity contribution in [2.75, 3.05) is 17.2 Å². The molecule has 1 unspecified atom stereocenters. The number of benzene rings is 1. The fourth-order valence-electron chi connectivity index (χ4n) is 3.83. The van der Waals surface area contributed by atoms with Crippen molar-refractivity contribution in [1.82, 2.24) is 29.1 Å². The van der Waals surface area contributed by atoms with Crippen molar-refractivity contribution in [1.29, 1.82) is 0 Å². The number of rotatable bonds is 8. The second kappa shape index (κ2) is 10.1. The number of amides is 1. The van der Waals surface area contributed by atoms with E-state index in [-0.39, 0.29) is 18.8 Å². The number of anilines is 2. The van der Waals surface area contributed by atoms with Crippen LogP contribution in [0.25, 0.3) is 16.9 Å². The van der Waals surface area contributed by atoms with E-state index in [0.29, 0.717) is 34.1 Å². The van der Waals surface area contributed by atoms with Crippen LogP contribution in [-0.2, 0) is 11.3 Å². The maximum atomic E-state index is 13.8. The Labute approximate surface area is 209 Å².